The number of rotatable bonds is 6. The molecule has 1 heterocycles. The van der Waals surface area contributed by atoms with Crippen molar-refractivity contribution in [2.45, 2.75) is 44.0 Å². The quantitative estimate of drug-likeness (QED) is 0.850. The van der Waals surface area contributed by atoms with Gasteiger partial charge < -0.3 is 5.32 Å². The fourth-order valence-corrected chi connectivity index (χ4v) is 4.42. The number of sulfonamides is 1. The van der Waals surface area contributed by atoms with Gasteiger partial charge in [-0.2, -0.15) is 4.31 Å². The Morgan fingerprint density at radius 2 is 2.00 bits per heavy atom. The SMILES string of the molecule is CC(C)CCNC(=O)[C@@H]1CCCN1S(=O)(=O)c1ccc(Cl)cc1. The molecule has 1 atom stereocenters. The predicted molar refractivity (Wildman–Crippen MR) is 90.8 cm³/mol. The first-order valence-electron chi connectivity index (χ1n) is 7.87. The third kappa shape index (κ3) is 4.46. The largest absolute Gasteiger partial charge is 0.355 e. The van der Waals surface area contributed by atoms with Crippen molar-refractivity contribution in [3.8, 4) is 0 Å². The van der Waals surface area contributed by atoms with Gasteiger partial charge in [-0.1, -0.05) is 25.4 Å². The summed E-state index contributed by atoms with van der Waals surface area (Å²) in [6, 6.07) is 5.42. The van der Waals surface area contributed by atoms with Crippen LogP contribution < -0.4 is 5.32 Å². The van der Waals surface area contributed by atoms with Crippen LogP contribution in [-0.2, 0) is 14.8 Å². The number of hydrogen-bond donors (Lipinski definition) is 1. The van der Waals surface area contributed by atoms with E-state index in [0.29, 0.717) is 36.9 Å². The van der Waals surface area contributed by atoms with Gasteiger partial charge in [0.15, 0.2) is 0 Å². The number of hydrogen-bond acceptors (Lipinski definition) is 3. The second-order valence-electron chi connectivity index (χ2n) is 6.20. The van der Waals surface area contributed by atoms with E-state index in [-0.39, 0.29) is 10.8 Å². The summed E-state index contributed by atoms with van der Waals surface area (Å²) < 4.78 is 26.8. The van der Waals surface area contributed by atoms with Crippen molar-refractivity contribution < 1.29 is 13.2 Å². The summed E-state index contributed by atoms with van der Waals surface area (Å²) in [6.07, 6.45) is 2.12. The summed E-state index contributed by atoms with van der Waals surface area (Å²) >= 11 is 5.81. The van der Waals surface area contributed by atoms with Gasteiger partial charge in [0.1, 0.15) is 6.04 Å². The number of amides is 1. The smallest absolute Gasteiger partial charge is 0.243 e. The van der Waals surface area contributed by atoms with Crippen LogP contribution in [0.4, 0.5) is 0 Å². The maximum atomic E-state index is 12.7. The fourth-order valence-electron chi connectivity index (χ4n) is 2.63. The molecule has 1 fully saturated rings. The molecule has 0 radical (unpaired) electrons. The highest BCUT2D eigenvalue weighted by Gasteiger charge is 2.39. The van der Waals surface area contributed by atoms with Crippen LogP contribution in [0.15, 0.2) is 29.2 Å². The Balaban J connectivity index is 2.11. The van der Waals surface area contributed by atoms with Gasteiger partial charge in [-0.25, -0.2) is 8.42 Å². The molecule has 1 amide bonds. The summed E-state index contributed by atoms with van der Waals surface area (Å²) in [4.78, 5) is 12.5. The highest BCUT2D eigenvalue weighted by molar-refractivity contribution is 7.89. The van der Waals surface area contributed by atoms with Crippen molar-refractivity contribution in [3.63, 3.8) is 0 Å². The third-order valence-corrected chi connectivity index (χ3v) is 6.12. The first kappa shape index (κ1) is 18.2. The maximum Gasteiger partial charge on any atom is 0.243 e. The zero-order valence-corrected chi connectivity index (χ0v) is 15.0. The third-order valence-electron chi connectivity index (χ3n) is 3.95. The number of carbonyl (C=O) groups is 1. The second-order valence-corrected chi connectivity index (χ2v) is 8.53. The van der Waals surface area contributed by atoms with E-state index in [2.05, 4.69) is 19.2 Å². The van der Waals surface area contributed by atoms with Gasteiger partial charge in [-0.3, -0.25) is 4.79 Å². The van der Waals surface area contributed by atoms with E-state index in [4.69, 9.17) is 11.6 Å². The Hall–Kier alpha value is -1.11. The van der Waals surface area contributed by atoms with Crippen LogP contribution >= 0.6 is 11.6 Å². The van der Waals surface area contributed by atoms with Crippen molar-refractivity contribution in [2.24, 2.45) is 5.92 Å². The van der Waals surface area contributed by atoms with E-state index in [0.717, 1.165) is 6.42 Å². The van der Waals surface area contributed by atoms with E-state index in [1.165, 1.54) is 16.4 Å². The van der Waals surface area contributed by atoms with Crippen LogP contribution in [0.3, 0.4) is 0 Å². The number of nitrogens with one attached hydrogen (secondary N) is 1. The Morgan fingerprint density at radius 1 is 1.35 bits per heavy atom. The van der Waals surface area contributed by atoms with Crippen LogP contribution in [0.5, 0.6) is 0 Å². The Kier molecular flexibility index (Phi) is 6.06. The van der Waals surface area contributed by atoms with Gasteiger partial charge in [-0.15, -0.1) is 0 Å². The first-order valence-corrected chi connectivity index (χ1v) is 9.69. The van der Waals surface area contributed by atoms with Crippen molar-refractivity contribution in [1.29, 1.82) is 0 Å². The molecule has 2 rings (SSSR count). The topological polar surface area (TPSA) is 66.5 Å². The van der Waals surface area contributed by atoms with E-state index in [9.17, 15) is 13.2 Å². The molecule has 1 aliphatic heterocycles. The Bertz CT molecular complexity index is 644. The molecule has 1 aromatic carbocycles. The van der Waals surface area contributed by atoms with Crippen LogP contribution in [0.2, 0.25) is 5.02 Å². The molecule has 0 aromatic heterocycles. The minimum Gasteiger partial charge on any atom is -0.355 e. The van der Waals surface area contributed by atoms with Crippen molar-refractivity contribution >= 4 is 27.5 Å². The molecule has 1 N–H and O–H groups in total. The average Bonchev–Trinajstić information content (AvgIpc) is 2.97. The number of halogens is 1. The van der Waals surface area contributed by atoms with Crippen molar-refractivity contribution in [3.05, 3.63) is 29.3 Å². The lowest BCUT2D eigenvalue weighted by Gasteiger charge is -2.23. The lowest BCUT2D eigenvalue weighted by molar-refractivity contribution is -0.124. The van der Waals surface area contributed by atoms with Crippen LogP contribution in [0.1, 0.15) is 33.1 Å². The fraction of sp³-hybridized carbons (Fsp3) is 0.562. The van der Waals surface area contributed by atoms with E-state index >= 15 is 0 Å². The van der Waals surface area contributed by atoms with Gasteiger partial charge in [0.05, 0.1) is 4.90 Å². The molecular weight excluding hydrogens is 336 g/mol. The molecule has 1 saturated heterocycles. The maximum absolute atomic E-state index is 12.7. The molecule has 0 spiro atoms. The van der Waals surface area contributed by atoms with E-state index in [1.54, 1.807) is 12.1 Å². The molecule has 5 nitrogen and oxygen atoms in total. The van der Waals surface area contributed by atoms with Crippen LogP contribution in [0, 0.1) is 5.92 Å². The summed E-state index contributed by atoms with van der Waals surface area (Å²) in [5.41, 5.74) is 0. The number of nitrogens with zero attached hydrogens (tertiary/aromatic N) is 1. The highest BCUT2D eigenvalue weighted by Crippen LogP contribution is 2.27. The summed E-state index contributed by atoms with van der Waals surface area (Å²) in [6.45, 7) is 5.10. The lowest BCUT2D eigenvalue weighted by Crippen LogP contribution is -2.46. The highest BCUT2D eigenvalue weighted by atomic mass is 35.5. The first-order chi connectivity index (χ1) is 10.8. The molecule has 0 unspecified atom stereocenters. The van der Waals surface area contributed by atoms with Gasteiger partial charge in [0, 0.05) is 18.1 Å². The zero-order valence-electron chi connectivity index (χ0n) is 13.5. The molecule has 7 heteroatoms. The lowest BCUT2D eigenvalue weighted by atomic mass is 10.1. The second kappa shape index (κ2) is 7.64. The van der Waals surface area contributed by atoms with Crippen molar-refractivity contribution in [2.75, 3.05) is 13.1 Å². The Labute approximate surface area is 143 Å². The molecule has 1 aliphatic rings. The predicted octanol–water partition coefficient (Wildman–Crippen LogP) is 2.66. The van der Waals surface area contributed by atoms with E-state index < -0.39 is 16.1 Å². The van der Waals surface area contributed by atoms with Crippen molar-refractivity contribution in [1.82, 2.24) is 9.62 Å². The number of carbonyl (C=O) groups excluding carboxylic acids is 1. The van der Waals surface area contributed by atoms with Crippen LogP contribution in [-0.4, -0.2) is 37.8 Å². The zero-order chi connectivity index (χ0) is 17.0. The Morgan fingerprint density at radius 3 is 2.61 bits per heavy atom. The monoisotopic (exact) mass is 358 g/mol. The molecule has 23 heavy (non-hydrogen) atoms. The minimum atomic E-state index is -3.68. The molecule has 1 aromatic rings. The molecule has 0 aliphatic carbocycles. The molecule has 0 saturated carbocycles. The van der Waals surface area contributed by atoms with Gasteiger partial charge >= 0.3 is 0 Å². The average molecular weight is 359 g/mol. The van der Waals surface area contributed by atoms with Gasteiger partial charge in [-0.05, 0) is 49.4 Å². The van der Waals surface area contributed by atoms with Gasteiger partial charge in [0.2, 0.25) is 15.9 Å². The summed E-state index contributed by atoms with van der Waals surface area (Å²) in [5, 5.41) is 3.33. The summed E-state index contributed by atoms with van der Waals surface area (Å²) in [7, 11) is -3.68. The number of benzene rings is 1. The van der Waals surface area contributed by atoms with Crippen LogP contribution in [0.25, 0.3) is 0 Å². The molecule has 128 valence electrons. The van der Waals surface area contributed by atoms with E-state index in [1.807, 2.05) is 0 Å². The minimum absolute atomic E-state index is 0.170. The standard InChI is InChI=1S/C16H23ClN2O3S/c1-12(2)9-10-18-16(20)15-4-3-11-19(15)23(21,22)14-7-5-13(17)6-8-14/h5-8,12,15H,3-4,9-11H2,1-2H3,(H,18,20)/t15-/m0/s1. The summed E-state index contributed by atoms with van der Waals surface area (Å²) in [5.74, 6) is 0.286. The van der Waals surface area contributed by atoms with Gasteiger partial charge in [0.25, 0.3) is 0 Å². The molecular formula is C16H23ClN2O3S. The molecule has 0 bridgehead atoms. The normalized spacial score (nSPS) is 19.2.